The van der Waals surface area contributed by atoms with E-state index in [9.17, 15) is 0 Å². The highest BCUT2D eigenvalue weighted by molar-refractivity contribution is 6.34. The van der Waals surface area contributed by atoms with Crippen molar-refractivity contribution < 1.29 is 9.15 Å². The van der Waals surface area contributed by atoms with E-state index < -0.39 is 0 Å². The molecule has 0 amide bonds. The van der Waals surface area contributed by atoms with E-state index in [0.29, 0.717) is 10.6 Å². The predicted octanol–water partition coefficient (Wildman–Crippen LogP) is 3.55. The average molecular weight is 295 g/mol. The van der Waals surface area contributed by atoms with E-state index in [1.54, 1.807) is 0 Å². The highest BCUT2D eigenvalue weighted by Gasteiger charge is 2.23. The van der Waals surface area contributed by atoms with E-state index in [1.165, 1.54) is 6.42 Å². The fourth-order valence-corrected chi connectivity index (χ4v) is 2.96. The van der Waals surface area contributed by atoms with E-state index in [4.69, 9.17) is 26.6 Å². The molecule has 3 N–H and O–H groups in total. The Balaban J connectivity index is 1.81. The number of hydrogen-bond acceptors (Lipinski definition) is 4. The number of fused-ring (bicyclic) bond motifs is 1. The lowest BCUT2D eigenvalue weighted by Gasteiger charge is -2.25. The minimum absolute atomic E-state index is 0.0541. The van der Waals surface area contributed by atoms with Gasteiger partial charge in [-0.3, -0.25) is 5.84 Å². The monoisotopic (exact) mass is 294 g/mol. The maximum Gasteiger partial charge on any atom is 0.152 e. The van der Waals surface area contributed by atoms with E-state index in [-0.39, 0.29) is 12.1 Å². The van der Waals surface area contributed by atoms with E-state index in [0.717, 1.165) is 37.0 Å². The van der Waals surface area contributed by atoms with Gasteiger partial charge in [-0.15, -0.1) is 0 Å². The van der Waals surface area contributed by atoms with Crippen molar-refractivity contribution in [2.45, 2.75) is 37.8 Å². The maximum absolute atomic E-state index is 6.14. The highest BCUT2D eigenvalue weighted by atomic mass is 35.5. The summed E-state index contributed by atoms with van der Waals surface area (Å²) in [5.74, 6) is 6.49. The number of halogens is 1. The summed E-state index contributed by atoms with van der Waals surface area (Å²) < 4.78 is 11.6. The molecule has 2 atom stereocenters. The van der Waals surface area contributed by atoms with E-state index >= 15 is 0 Å². The molecule has 1 aromatic heterocycles. The van der Waals surface area contributed by atoms with Gasteiger partial charge in [0.15, 0.2) is 5.58 Å². The quantitative estimate of drug-likeness (QED) is 0.669. The van der Waals surface area contributed by atoms with Gasteiger partial charge in [-0.1, -0.05) is 23.7 Å². The standard InChI is InChI=1S/C15H19ClN2O2/c16-12-6-3-4-10-8-14(20-15(10)12)13(18-17)9-11-5-1-2-7-19-11/h3-4,6,8,11,13,18H,1-2,5,7,9,17H2. The molecule has 3 rings (SSSR count). The molecule has 5 heteroatoms. The molecule has 1 fully saturated rings. The molecule has 2 heterocycles. The Kier molecular flexibility index (Phi) is 4.27. The number of furan rings is 1. The van der Waals surface area contributed by atoms with Crippen LogP contribution in [-0.4, -0.2) is 12.7 Å². The number of nitrogens with one attached hydrogen (secondary N) is 1. The van der Waals surface area contributed by atoms with Crippen LogP contribution in [0.4, 0.5) is 0 Å². The van der Waals surface area contributed by atoms with Gasteiger partial charge in [-0.25, -0.2) is 5.43 Å². The molecule has 0 aliphatic carbocycles. The summed E-state index contributed by atoms with van der Waals surface area (Å²) in [6.07, 6.45) is 4.51. The van der Waals surface area contributed by atoms with Crippen LogP contribution in [0.25, 0.3) is 11.0 Å². The van der Waals surface area contributed by atoms with Crippen LogP contribution in [0, 0.1) is 0 Å². The number of para-hydroxylation sites is 1. The molecule has 2 aromatic rings. The third-order valence-electron chi connectivity index (χ3n) is 3.83. The molecular weight excluding hydrogens is 276 g/mol. The summed E-state index contributed by atoms with van der Waals surface area (Å²) in [7, 11) is 0. The van der Waals surface area contributed by atoms with Crippen molar-refractivity contribution in [3.8, 4) is 0 Å². The molecule has 0 radical (unpaired) electrons. The van der Waals surface area contributed by atoms with Crippen molar-refractivity contribution in [2.24, 2.45) is 5.84 Å². The molecule has 4 nitrogen and oxygen atoms in total. The van der Waals surface area contributed by atoms with Crippen molar-refractivity contribution in [2.75, 3.05) is 6.61 Å². The van der Waals surface area contributed by atoms with Gasteiger partial charge < -0.3 is 9.15 Å². The average Bonchev–Trinajstić information content (AvgIpc) is 2.91. The van der Waals surface area contributed by atoms with Gasteiger partial charge in [0.1, 0.15) is 5.76 Å². The number of hydrogen-bond donors (Lipinski definition) is 2. The summed E-state index contributed by atoms with van der Waals surface area (Å²) >= 11 is 6.14. The van der Waals surface area contributed by atoms with Crippen LogP contribution in [-0.2, 0) is 4.74 Å². The second kappa shape index (κ2) is 6.14. The van der Waals surface area contributed by atoms with Gasteiger partial charge in [0, 0.05) is 12.0 Å². The lowest BCUT2D eigenvalue weighted by Crippen LogP contribution is -2.32. The van der Waals surface area contributed by atoms with Crippen LogP contribution >= 0.6 is 11.6 Å². The number of benzene rings is 1. The molecule has 1 saturated heterocycles. The van der Waals surface area contributed by atoms with Gasteiger partial charge >= 0.3 is 0 Å². The van der Waals surface area contributed by atoms with Crippen molar-refractivity contribution in [3.63, 3.8) is 0 Å². The number of ether oxygens (including phenoxy) is 1. The Labute approximate surface area is 123 Å². The fourth-order valence-electron chi connectivity index (χ4n) is 2.74. The molecule has 2 unspecified atom stereocenters. The second-order valence-electron chi connectivity index (χ2n) is 5.25. The molecule has 0 spiro atoms. The number of nitrogens with two attached hydrogens (primary N) is 1. The molecule has 1 aliphatic rings. The Morgan fingerprint density at radius 1 is 1.40 bits per heavy atom. The fraction of sp³-hybridized carbons (Fsp3) is 0.467. The van der Waals surface area contributed by atoms with Crippen molar-refractivity contribution in [1.29, 1.82) is 0 Å². The predicted molar refractivity (Wildman–Crippen MR) is 79.5 cm³/mol. The zero-order valence-corrected chi connectivity index (χ0v) is 12.0. The van der Waals surface area contributed by atoms with Gasteiger partial charge in [0.25, 0.3) is 0 Å². The minimum atomic E-state index is -0.0541. The van der Waals surface area contributed by atoms with Crippen LogP contribution < -0.4 is 11.3 Å². The Morgan fingerprint density at radius 2 is 2.30 bits per heavy atom. The lowest BCUT2D eigenvalue weighted by molar-refractivity contribution is 0.00380. The Hall–Kier alpha value is -1.07. The smallest absolute Gasteiger partial charge is 0.152 e. The summed E-state index contributed by atoms with van der Waals surface area (Å²) in [6.45, 7) is 0.841. The third kappa shape index (κ3) is 2.83. The lowest BCUT2D eigenvalue weighted by atomic mass is 10.0. The van der Waals surface area contributed by atoms with Gasteiger partial charge in [-0.2, -0.15) is 0 Å². The summed E-state index contributed by atoms with van der Waals surface area (Å²) in [6, 6.07) is 7.67. The van der Waals surface area contributed by atoms with Crippen LogP contribution in [0.1, 0.15) is 37.5 Å². The number of hydrazine groups is 1. The van der Waals surface area contributed by atoms with Gasteiger partial charge in [0.2, 0.25) is 0 Å². The van der Waals surface area contributed by atoms with Crippen molar-refractivity contribution >= 4 is 22.6 Å². The van der Waals surface area contributed by atoms with E-state index in [1.807, 2.05) is 24.3 Å². The first-order valence-corrected chi connectivity index (χ1v) is 7.41. The minimum Gasteiger partial charge on any atom is -0.458 e. The van der Waals surface area contributed by atoms with Crippen molar-refractivity contribution in [3.05, 3.63) is 35.0 Å². The van der Waals surface area contributed by atoms with Crippen LogP contribution in [0.2, 0.25) is 5.02 Å². The first-order chi connectivity index (χ1) is 9.78. The first-order valence-electron chi connectivity index (χ1n) is 7.03. The summed E-state index contributed by atoms with van der Waals surface area (Å²) in [5.41, 5.74) is 3.55. The first kappa shape index (κ1) is 13.9. The number of rotatable bonds is 4. The molecule has 0 bridgehead atoms. The normalized spacial score (nSPS) is 21.2. The summed E-state index contributed by atoms with van der Waals surface area (Å²) in [5, 5.41) is 1.62. The SMILES string of the molecule is NNC(CC1CCCCO1)c1cc2cccc(Cl)c2o1. The maximum atomic E-state index is 6.14. The van der Waals surface area contributed by atoms with Gasteiger partial charge in [0.05, 0.1) is 17.2 Å². The van der Waals surface area contributed by atoms with Gasteiger partial charge in [-0.05, 0) is 37.8 Å². The summed E-state index contributed by atoms with van der Waals surface area (Å²) in [4.78, 5) is 0. The zero-order chi connectivity index (χ0) is 13.9. The molecular formula is C15H19ClN2O2. The molecule has 1 aliphatic heterocycles. The van der Waals surface area contributed by atoms with Crippen LogP contribution in [0.3, 0.4) is 0 Å². The van der Waals surface area contributed by atoms with Crippen LogP contribution in [0.5, 0.6) is 0 Å². The molecule has 1 aromatic carbocycles. The molecule has 20 heavy (non-hydrogen) atoms. The van der Waals surface area contributed by atoms with Crippen molar-refractivity contribution in [1.82, 2.24) is 5.43 Å². The Morgan fingerprint density at radius 3 is 3.00 bits per heavy atom. The highest BCUT2D eigenvalue weighted by Crippen LogP contribution is 2.32. The topological polar surface area (TPSA) is 60.4 Å². The Bertz CT molecular complexity index is 578. The van der Waals surface area contributed by atoms with E-state index in [2.05, 4.69) is 5.43 Å². The molecule has 108 valence electrons. The molecule has 0 saturated carbocycles. The second-order valence-corrected chi connectivity index (χ2v) is 5.66. The zero-order valence-electron chi connectivity index (χ0n) is 11.3. The largest absolute Gasteiger partial charge is 0.458 e. The third-order valence-corrected chi connectivity index (χ3v) is 4.13. The van der Waals surface area contributed by atoms with Crippen LogP contribution in [0.15, 0.2) is 28.7 Å².